The summed E-state index contributed by atoms with van der Waals surface area (Å²) in [6.45, 7) is 6.33. The van der Waals surface area contributed by atoms with Gasteiger partial charge in [0.25, 0.3) is 0 Å². The number of thiophene rings is 1. The summed E-state index contributed by atoms with van der Waals surface area (Å²) in [5, 5.41) is 12.9. The summed E-state index contributed by atoms with van der Waals surface area (Å²) >= 11 is 2.81. The predicted molar refractivity (Wildman–Crippen MR) is 139 cm³/mol. The van der Waals surface area contributed by atoms with Crippen LogP contribution in [0.15, 0.2) is 29.4 Å². The number of methoxy groups -OCH3 is 1. The van der Waals surface area contributed by atoms with Crippen molar-refractivity contribution in [3.63, 3.8) is 0 Å². The minimum atomic E-state index is -0.365. The van der Waals surface area contributed by atoms with Gasteiger partial charge in [0.15, 0.2) is 11.0 Å². The largest absolute Gasteiger partial charge is 0.497 e. The standard InChI is InChI=1S/C25H30N4O4S2/c1-5-29-22(16-9-8-10-17(13-16)32-4)27-28-25(29)34-14-20(30)26-23-21(24(31)33-15(2)3)18-11-6-7-12-19(18)35-23/h8-10,13,15H,5-7,11-12,14H2,1-4H3,(H,26,30). The molecule has 1 aromatic carbocycles. The Morgan fingerprint density at radius 2 is 2.03 bits per heavy atom. The second kappa shape index (κ2) is 11.3. The minimum absolute atomic E-state index is 0.150. The van der Waals surface area contributed by atoms with E-state index >= 15 is 0 Å². The van der Waals surface area contributed by atoms with Crippen molar-refractivity contribution in [2.75, 3.05) is 18.2 Å². The lowest BCUT2D eigenvalue weighted by atomic mass is 9.95. The maximum absolute atomic E-state index is 12.9. The van der Waals surface area contributed by atoms with E-state index in [9.17, 15) is 9.59 Å². The molecule has 3 aromatic rings. The SMILES string of the molecule is CCn1c(SCC(=O)Nc2sc3c(c2C(=O)OC(C)C)CCCC3)nnc1-c1cccc(OC)c1. The van der Waals surface area contributed by atoms with Crippen molar-refractivity contribution < 1.29 is 19.1 Å². The number of benzene rings is 1. The molecular formula is C25H30N4O4S2. The van der Waals surface area contributed by atoms with Crippen molar-refractivity contribution in [2.45, 2.75) is 64.3 Å². The van der Waals surface area contributed by atoms with E-state index in [0.29, 0.717) is 22.3 Å². The zero-order valence-electron chi connectivity index (χ0n) is 20.4. The minimum Gasteiger partial charge on any atom is -0.497 e. The highest BCUT2D eigenvalue weighted by atomic mass is 32.2. The zero-order valence-corrected chi connectivity index (χ0v) is 22.1. The third-order valence-corrected chi connectivity index (χ3v) is 7.84. The van der Waals surface area contributed by atoms with Crippen LogP contribution in [0, 0.1) is 0 Å². The molecule has 1 N–H and O–H groups in total. The molecule has 35 heavy (non-hydrogen) atoms. The van der Waals surface area contributed by atoms with E-state index < -0.39 is 0 Å². The molecule has 4 rings (SSSR count). The molecular weight excluding hydrogens is 484 g/mol. The number of fused-ring (bicyclic) bond motifs is 1. The average Bonchev–Trinajstić information content (AvgIpc) is 3.42. The summed E-state index contributed by atoms with van der Waals surface area (Å²) in [5.41, 5.74) is 2.45. The molecule has 186 valence electrons. The third-order valence-electron chi connectivity index (χ3n) is 5.66. The average molecular weight is 515 g/mol. The van der Waals surface area contributed by atoms with Gasteiger partial charge >= 0.3 is 5.97 Å². The molecule has 0 saturated heterocycles. The van der Waals surface area contributed by atoms with Gasteiger partial charge in [-0.25, -0.2) is 4.79 Å². The lowest BCUT2D eigenvalue weighted by molar-refractivity contribution is -0.113. The third kappa shape index (κ3) is 5.70. The summed E-state index contributed by atoms with van der Waals surface area (Å²) in [7, 11) is 1.63. The molecule has 0 saturated carbocycles. The first-order chi connectivity index (χ1) is 16.9. The molecule has 8 nitrogen and oxygen atoms in total. The number of hydrogen-bond acceptors (Lipinski definition) is 8. The number of carbonyl (C=O) groups is 2. The fraction of sp³-hybridized carbons (Fsp3) is 0.440. The number of esters is 1. The molecule has 0 radical (unpaired) electrons. The number of anilines is 1. The summed E-state index contributed by atoms with van der Waals surface area (Å²) in [6, 6.07) is 7.65. The van der Waals surface area contributed by atoms with Crippen LogP contribution in [0.5, 0.6) is 5.75 Å². The summed E-state index contributed by atoms with van der Waals surface area (Å²) < 4.78 is 12.8. The van der Waals surface area contributed by atoms with Gasteiger partial charge in [-0.05, 0) is 64.2 Å². The Labute approximate surface area is 213 Å². The van der Waals surface area contributed by atoms with Gasteiger partial charge in [0.2, 0.25) is 5.91 Å². The summed E-state index contributed by atoms with van der Waals surface area (Å²) in [4.78, 5) is 26.9. The first-order valence-corrected chi connectivity index (χ1v) is 13.6. The highest BCUT2D eigenvalue weighted by molar-refractivity contribution is 7.99. The van der Waals surface area contributed by atoms with E-state index in [1.54, 1.807) is 7.11 Å². The smallest absolute Gasteiger partial charge is 0.341 e. The van der Waals surface area contributed by atoms with E-state index in [2.05, 4.69) is 15.5 Å². The Balaban J connectivity index is 1.49. The molecule has 10 heteroatoms. The van der Waals surface area contributed by atoms with E-state index in [1.807, 2.05) is 49.6 Å². The molecule has 0 aliphatic heterocycles. The van der Waals surface area contributed by atoms with Gasteiger partial charge in [-0.1, -0.05) is 23.9 Å². The van der Waals surface area contributed by atoms with E-state index in [0.717, 1.165) is 48.4 Å². The monoisotopic (exact) mass is 514 g/mol. The van der Waals surface area contributed by atoms with Gasteiger partial charge in [-0.3, -0.25) is 4.79 Å². The van der Waals surface area contributed by atoms with E-state index in [-0.39, 0.29) is 23.7 Å². The Morgan fingerprint density at radius 3 is 2.77 bits per heavy atom. The van der Waals surface area contributed by atoms with Gasteiger partial charge in [0, 0.05) is 17.0 Å². The number of rotatable bonds is 9. The van der Waals surface area contributed by atoms with Gasteiger partial charge in [-0.15, -0.1) is 21.5 Å². The van der Waals surface area contributed by atoms with Gasteiger partial charge in [-0.2, -0.15) is 0 Å². The second-order valence-electron chi connectivity index (χ2n) is 8.49. The number of aromatic nitrogens is 3. The van der Waals surface area contributed by atoms with E-state index in [4.69, 9.17) is 9.47 Å². The van der Waals surface area contributed by atoms with Gasteiger partial charge in [0.1, 0.15) is 10.8 Å². The van der Waals surface area contributed by atoms with Crippen molar-refractivity contribution in [1.29, 1.82) is 0 Å². The highest BCUT2D eigenvalue weighted by Crippen LogP contribution is 2.39. The number of hydrogen-bond donors (Lipinski definition) is 1. The summed E-state index contributed by atoms with van der Waals surface area (Å²) in [6.07, 6.45) is 3.68. The lowest BCUT2D eigenvalue weighted by Gasteiger charge is -2.14. The normalized spacial score (nSPS) is 12.9. The Hall–Kier alpha value is -2.85. The van der Waals surface area contributed by atoms with Gasteiger partial charge < -0.3 is 19.4 Å². The number of aryl methyl sites for hydroxylation is 1. The van der Waals surface area contributed by atoms with Crippen molar-refractivity contribution in [2.24, 2.45) is 0 Å². The van der Waals surface area contributed by atoms with Crippen LogP contribution in [0.3, 0.4) is 0 Å². The highest BCUT2D eigenvalue weighted by Gasteiger charge is 2.28. The van der Waals surface area contributed by atoms with Crippen LogP contribution in [-0.4, -0.2) is 45.6 Å². The van der Waals surface area contributed by atoms with Gasteiger partial charge in [0.05, 0.1) is 24.5 Å². The molecule has 2 heterocycles. The van der Waals surface area contributed by atoms with Crippen molar-refractivity contribution in [3.8, 4) is 17.1 Å². The van der Waals surface area contributed by atoms with Crippen LogP contribution < -0.4 is 10.1 Å². The number of amides is 1. The van der Waals surface area contributed by atoms with Crippen molar-refractivity contribution in [1.82, 2.24) is 14.8 Å². The first-order valence-electron chi connectivity index (χ1n) is 11.8. The molecule has 0 spiro atoms. The van der Waals surface area contributed by atoms with Crippen LogP contribution in [0.25, 0.3) is 11.4 Å². The Kier molecular flexibility index (Phi) is 8.12. The fourth-order valence-electron chi connectivity index (χ4n) is 4.09. The Bertz CT molecular complexity index is 1220. The second-order valence-corrected chi connectivity index (χ2v) is 10.5. The molecule has 2 aromatic heterocycles. The quantitative estimate of drug-likeness (QED) is 0.309. The molecule has 1 aliphatic rings. The maximum Gasteiger partial charge on any atom is 0.341 e. The van der Waals surface area contributed by atoms with Crippen LogP contribution >= 0.6 is 23.1 Å². The fourth-order valence-corrected chi connectivity index (χ4v) is 6.19. The Morgan fingerprint density at radius 1 is 1.23 bits per heavy atom. The molecule has 0 fully saturated rings. The van der Waals surface area contributed by atoms with Crippen LogP contribution in [-0.2, 0) is 28.9 Å². The van der Waals surface area contributed by atoms with Crippen LogP contribution in [0.2, 0.25) is 0 Å². The number of thioether (sulfide) groups is 1. The predicted octanol–water partition coefficient (Wildman–Crippen LogP) is 5.21. The van der Waals surface area contributed by atoms with E-state index in [1.165, 1.54) is 28.0 Å². The number of nitrogens with one attached hydrogen (secondary N) is 1. The molecule has 0 atom stereocenters. The number of carbonyl (C=O) groups excluding carboxylic acids is 2. The number of ether oxygens (including phenoxy) is 2. The zero-order chi connectivity index (χ0) is 24.9. The molecule has 0 unspecified atom stereocenters. The molecule has 0 bridgehead atoms. The van der Waals surface area contributed by atoms with Crippen LogP contribution in [0.4, 0.5) is 5.00 Å². The number of nitrogens with zero attached hydrogens (tertiary/aromatic N) is 3. The molecule has 1 aliphatic carbocycles. The maximum atomic E-state index is 12.9. The van der Waals surface area contributed by atoms with Crippen molar-refractivity contribution in [3.05, 3.63) is 40.3 Å². The van der Waals surface area contributed by atoms with Crippen LogP contribution in [0.1, 0.15) is 54.4 Å². The lowest BCUT2D eigenvalue weighted by Crippen LogP contribution is -2.19. The molecule has 1 amide bonds. The summed E-state index contributed by atoms with van der Waals surface area (Å²) in [5.74, 6) is 1.06. The first kappa shape index (κ1) is 25.2. The van der Waals surface area contributed by atoms with Crippen molar-refractivity contribution >= 4 is 40.0 Å². The topological polar surface area (TPSA) is 95.3 Å².